The first-order valence-electron chi connectivity index (χ1n) is 5.11. The zero-order valence-corrected chi connectivity index (χ0v) is 8.16. The second-order valence-corrected chi connectivity index (χ2v) is 3.72. The molecule has 0 aliphatic carbocycles. The Morgan fingerprint density at radius 2 is 1.79 bits per heavy atom. The molecule has 0 radical (unpaired) electrons. The molecule has 1 aromatic rings. The molecule has 0 spiro atoms. The largest absolute Gasteiger partial charge is 0.508 e. The molecule has 14 heavy (non-hydrogen) atoms. The van der Waals surface area contributed by atoms with Gasteiger partial charge in [-0.25, -0.2) is 0 Å². The number of phenolic OH excluding ortho intramolecular Hbond substituents is 1. The number of nitrogens with one attached hydrogen (secondary N) is 2. The first kappa shape index (κ1) is 9.34. The minimum atomic E-state index is 0.320. The van der Waals surface area contributed by atoms with Crippen molar-refractivity contribution in [1.82, 2.24) is 5.32 Å². The lowest BCUT2D eigenvalue weighted by molar-refractivity contribution is 0.473. The van der Waals surface area contributed by atoms with Gasteiger partial charge in [0.05, 0.1) is 0 Å². The fraction of sp³-hybridized carbons (Fsp3) is 0.455. The lowest BCUT2D eigenvalue weighted by Gasteiger charge is -2.24. The zero-order valence-electron chi connectivity index (χ0n) is 8.16. The van der Waals surface area contributed by atoms with E-state index in [9.17, 15) is 0 Å². The molecule has 76 valence electrons. The van der Waals surface area contributed by atoms with Crippen LogP contribution in [-0.2, 0) is 0 Å². The van der Waals surface area contributed by atoms with Crippen LogP contribution in [0.25, 0.3) is 0 Å². The number of phenols is 1. The summed E-state index contributed by atoms with van der Waals surface area (Å²) >= 11 is 0. The molecule has 2 rings (SSSR count). The van der Waals surface area contributed by atoms with Crippen LogP contribution in [0.3, 0.4) is 0 Å². The van der Waals surface area contributed by atoms with Gasteiger partial charge in [-0.3, -0.25) is 0 Å². The number of rotatable bonds is 2. The van der Waals surface area contributed by atoms with Gasteiger partial charge in [-0.1, -0.05) is 0 Å². The number of hydrogen-bond acceptors (Lipinski definition) is 3. The summed E-state index contributed by atoms with van der Waals surface area (Å²) in [6.45, 7) is 2.19. The molecular formula is C11H16N2O. The Morgan fingerprint density at radius 1 is 1.14 bits per heavy atom. The van der Waals surface area contributed by atoms with Gasteiger partial charge in [0.1, 0.15) is 5.75 Å². The van der Waals surface area contributed by atoms with Crippen LogP contribution < -0.4 is 10.6 Å². The molecule has 0 aromatic heterocycles. The van der Waals surface area contributed by atoms with Crippen LogP contribution in [-0.4, -0.2) is 24.2 Å². The lowest BCUT2D eigenvalue weighted by Crippen LogP contribution is -2.35. The Balaban J connectivity index is 1.92. The van der Waals surface area contributed by atoms with Crippen LogP contribution in [0.4, 0.5) is 5.69 Å². The third-order valence-electron chi connectivity index (χ3n) is 2.58. The highest BCUT2D eigenvalue weighted by Gasteiger charge is 2.11. The molecule has 0 unspecified atom stereocenters. The van der Waals surface area contributed by atoms with Crippen LogP contribution >= 0.6 is 0 Å². The lowest BCUT2D eigenvalue weighted by atomic mass is 10.1. The Bertz CT molecular complexity index is 278. The van der Waals surface area contributed by atoms with Gasteiger partial charge in [0.25, 0.3) is 0 Å². The van der Waals surface area contributed by atoms with Gasteiger partial charge in [-0.05, 0) is 50.2 Å². The van der Waals surface area contributed by atoms with Crippen LogP contribution in [0.1, 0.15) is 12.8 Å². The molecule has 0 atom stereocenters. The normalized spacial score (nSPS) is 18.0. The van der Waals surface area contributed by atoms with Crippen molar-refractivity contribution in [2.24, 2.45) is 0 Å². The number of hydrogen-bond donors (Lipinski definition) is 3. The van der Waals surface area contributed by atoms with Gasteiger partial charge in [0.15, 0.2) is 0 Å². The Hall–Kier alpha value is -1.22. The third-order valence-corrected chi connectivity index (χ3v) is 2.58. The molecule has 1 aliphatic heterocycles. The average Bonchev–Trinajstić information content (AvgIpc) is 2.23. The van der Waals surface area contributed by atoms with Gasteiger partial charge in [0.2, 0.25) is 0 Å². The summed E-state index contributed by atoms with van der Waals surface area (Å²) in [7, 11) is 0. The smallest absolute Gasteiger partial charge is 0.115 e. The molecular weight excluding hydrogens is 176 g/mol. The van der Waals surface area contributed by atoms with E-state index in [2.05, 4.69) is 10.6 Å². The number of benzene rings is 1. The predicted octanol–water partition coefficient (Wildman–Crippen LogP) is 1.56. The maximum absolute atomic E-state index is 9.12. The van der Waals surface area contributed by atoms with E-state index in [4.69, 9.17) is 5.11 Å². The average molecular weight is 192 g/mol. The molecule has 1 fully saturated rings. The molecule has 0 bridgehead atoms. The molecule has 3 heteroatoms. The summed E-state index contributed by atoms with van der Waals surface area (Å²) in [4.78, 5) is 0. The number of anilines is 1. The van der Waals surface area contributed by atoms with Crippen LogP contribution in [0.15, 0.2) is 24.3 Å². The van der Waals surface area contributed by atoms with Gasteiger partial charge in [0, 0.05) is 11.7 Å². The molecule has 1 heterocycles. The van der Waals surface area contributed by atoms with Crippen molar-refractivity contribution in [2.45, 2.75) is 18.9 Å². The summed E-state index contributed by atoms with van der Waals surface area (Å²) in [6, 6.07) is 7.82. The highest BCUT2D eigenvalue weighted by atomic mass is 16.3. The minimum Gasteiger partial charge on any atom is -0.508 e. The third kappa shape index (κ3) is 2.39. The molecule has 0 saturated carbocycles. The van der Waals surface area contributed by atoms with E-state index < -0.39 is 0 Å². The maximum atomic E-state index is 9.12. The first-order chi connectivity index (χ1) is 6.84. The summed E-state index contributed by atoms with van der Waals surface area (Å²) in [6.07, 6.45) is 2.34. The van der Waals surface area contributed by atoms with E-state index in [1.54, 1.807) is 12.1 Å². The second-order valence-electron chi connectivity index (χ2n) is 3.72. The molecule has 1 aliphatic rings. The highest BCUT2D eigenvalue weighted by molar-refractivity contribution is 5.46. The summed E-state index contributed by atoms with van der Waals surface area (Å²) in [5.41, 5.74) is 1.09. The van der Waals surface area contributed by atoms with Gasteiger partial charge in [-0.15, -0.1) is 0 Å². The zero-order chi connectivity index (χ0) is 9.80. The molecule has 1 aromatic carbocycles. The van der Waals surface area contributed by atoms with Crippen LogP contribution in [0.5, 0.6) is 5.75 Å². The van der Waals surface area contributed by atoms with Gasteiger partial charge < -0.3 is 15.7 Å². The fourth-order valence-electron chi connectivity index (χ4n) is 1.76. The quantitative estimate of drug-likeness (QED) is 0.623. The van der Waals surface area contributed by atoms with Gasteiger partial charge >= 0.3 is 0 Å². The second kappa shape index (κ2) is 4.33. The molecule has 0 amide bonds. The Morgan fingerprint density at radius 3 is 2.43 bits per heavy atom. The number of piperidine rings is 1. The molecule has 3 nitrogen and oxygen atoms in total. The van der Waals surface area contributed by atoms with Crippen molar-refractivity contribution in [3.8, 4) is 5.75 Å². The topological polar surface area (TPSA) is 44.3 Å². The van der Waals surface area contributed by atoms with Crippen LogP contribution in [0, 0.1) is 0 Å². The summed E-state index contributed by atoms with van der Waals surface area (Å²) in [5, 5.41) is 15.9. The van der Waals surface area contributed by atoms with Gasteiger partial charge in [-0.2, -0.15) is 0 Å². The summed E-state index contributed by atoms with van der Waals surface area (Å²) in [5.74, 6) is 0.320. The fourth-order valence-corrected chi connectivity index (χ4v) is 1.76. The van der Waals surface area contributed by atoms with E-state index in [-0.39, 0.29) is 0 Å². The maximum Gasteiger partial charge on any atom is 0.115 e. The van der Waals surface area contributed by atoms with Crippen LogP contribution in [0.2, 0.25) is 0 Å². The molecule has 3 N–H and O–H groups in total. The van der Waals surface area contributed by atoms with Crippen molar-refractivity contribution >= 4 is 5.69 Å². The predicted molar refractivity (Wildman–Crippen MR) is 57.6 cm³/mol. The Kier molecular flexibility index (Phi) is 2.89. The number of aromatic hydroxyl groups is 1. The van der Waals surface area contributed by atoms with Crippen molar-refractivity contribution < 1.29 is 5.11 Å². The van der Waals surface area contributed by atoms with Crippen molar-refractivity contribution in [3.05, 3.63) is 24.3 Å². The van der Waals surface area contributed by atoms with E-state index >= 15 is 0 Å². The van der Waals surface area contributed by atoms with E-state index in [1.165, 1.54) is 12.8 Å². The monoisotopic (exact) mass is 192 g/mol. The summed E-state index contributed by atoms with van der Waals surface area (Å²) < 4.78 is 0. The highest BCUT2D eigenvalue weighted by Crippen LogP contribution is 2.16. The Labute approximate surface area is 84.1 Å². The van der Waals surface area contributed by atoms with E-state index in [1.807, 2.05) is 12.1 Å². The minimum absolute atomic E-state index is 0.320. The molecule has 1 saturated heterocycles. The van der Waals surface area contributed by atoms with Crippen molar-refractivity contribution in [2.75, 3.05) is 18.4 Å². The standard InChI is InChI=1S/C11H16N2O/c14-11-3-1-9(2-4-11)13-10-5-7-12-8-6-10/h1-4,10,12-14H,5-8H2. The first-order valence-corrected chi connectivity index (χ1v) is 5.11. The van der Waals surface area contributed by atoms with E-state index in [0.717, 1.165) is 18.8 Å². The van der Waals surface area contributed by atoms with Crippen molar-refractivity contribution in [3.63, 3.8) is 0 Å². The van der Waals surface area contributed by atoms with E-state index in [0.29, 0.717) is 11.8 Å². The van der Waals surface area contributed by atoms with Crippen molar-refractivity contribution in [1.29, 1.82) is 0 Å². The SMILES string of the molecule is Oc1ccc(NC2CCNCC2)cc1.